The Kier molecular flexibility index (Phi) is 4.71. The molecule has 0 atom stereocenters. The fraction of sp³-hybridized carbons (Fsp3) is 0.250. The monoisotopic (exact) mass is 272 g/mol. The van der Waals surface area contributed by atoms with Gasteiger partial charge in [-0.15, -0.1) is 0 Å². The van der Waals surface area contributed by atoms with E-state index in [1.807, 2.05) is 55.6 Å². The molecule has 106 valence electrons. The standard InChI is InChI=1S/C16H20N2O2/c1-18(14-6-4-7-15(12-14)19-2)9-10-20-16-8-3-5-13(17)11-16/h3-8,11-12H,9-10,17H2,1-2H3. The van der Waals surface area contributed by atoms with Gasteiger partial charge in [-0.25, -0.2) is 0 Å². The zero-order valence-electron chi connectivity index (χ0n) is 11.9. The van der Waals surface area contributed by atoms with Gasteiger partial charge in [-0.1, -0.05) is 12.1 Å². The average molecular weight is 272 g/mol. The van der Waals surface area contributed by atoms with E-state index in [-0.39, 0.29) is 0 Å². The number of hydrogen-bond donors (Lipinski definition) is 1. The molecule has 0 bridgehead atoms. The lowest BCUT2D eigenvalue weighted by molar-refractivity contribution is 0.326. The maximum Gasteiger partial charge on any atom is 0.121 e. The number of ether oxygens (including phenoxy) is 2. The Morgan fingerprint density at radius 3 is 2.55 bits per heavy atom. The van der Waals surface area contributed by atoms with E-state index in [9.17, 15) is 0 Å². The molecule has 4 heteroatoms. The second-order valence-electron chi connectivity index (χ2n) is 4.54. The van der Waals surface area contributed by atoms with Crippen LogP contribution in [0.25, 0.3) is 0 Å². The molecule has 0 saturated carbocycles. The van der Waals surface area contributed by atoms with E-state index in [1.165, 1.54) is 0 Å². The topological polar surface area (TPSA) is 47.7 Å². The molecule has 2 aromatic rings. The predicted octanol–water partition coefficient (Wildman–Crippen LogP) is 2.79. The third-order valence-corrected chi connectivity index (χ3v) is 3.05. The summed E-state index contributed by atoms with van der Waals surface area (Å²) in [6.07, 6.45) is 0. The maximum absolute atomic E-state index is 5.71. The molecule has 2 rings (SSSR count). The summed E-state index contributed by atoms with van der Waals surface area (Å²) < 4.78 is 10.9. The molecule has 0 unspecified atom stereocenters. The fourth-order valence-corrected chi connectivity index (χ4v) is 1.88. The Morgan fingerprint density at radius 1 is 1.05 bits per heavy atom. The molecule has 2 aromatic carbocycles. The second kappa shape index (κ2) is 6.70. The molecule has 0 aliphatic heterocycles. The minimum Gasteiger partial charge on any atom is -0.497 e. The number of nitrogens with two attached hydrogens (primary N) is 1. The SMILES string of the molecule is COc1cccc(N(C)CCOc2cccc(N)c2)c1. The minimum absolute atomic E-state index is 0.594. The number of nitrogen functional groups attached to an aromatic ring is 1. The average Bonchev–Trinajstić information content (AvgIpc) is 2.47. The van der Waals surface area contributed by atoms with Gasteiger partial charge in [-0.3, -0.25) is 0 Å². The molecule has 0 heterocycles. The molecule has 0 fully saturated rings. The zero-order valence-corrected chi connectivity index (χ0v) is 11.9. The van der Waals surface area contributed by atoms with E-state index in [0.717, 1.165) is 23.7 Å². The summed E-state index contributed by atoms with van der Waals surface area (Å²) in [5.74, 6) is 1.65. The van der Waals surface area contributed by atoms with Gasteiger partial charge in [-0.05, 0) is 24.3 Å². The van der Waals surface area contributed by atoms with Crippen LogP contribution >= 0.6 is 0 Å². The third kappa shape index (κ3) is 3.82. The van der Waals surface area contributed by atoms with E-state index in [2.05, 4.69) is 4.90 Å². The molecule has 0 amide bonds. The summed E-state index contributed by atoms with van der Waals surface area (Å²) in [5, 5.41) is 0. The summed E-state index contributed by atoms with van der Waals surface area (Å²) in [6, 6.07) is 15.4. The van der Waals surface area contributed by atoms with Crippen molar-refractivity contribution < 1.29 is 9.47 Å². The Labute approximate surface area is 119 Å². The maximum atomic E-state index is 5.71. The smallest absolute Gasteiger partial charge is 0.121 e. The molecule has 4 nitrogen and oxygen atoms in total. The largest absolute Gasteiger partial charge is 0.497 e. The van der Waals surface area contributed by atoms with Gasteiger partial charge in [0, 0.05) is 30.6 Å². The van der Waals surface area contributed by atoms with Crippen LogP contribution in [0.2, 0.25) is 0 Å². The van der Waals surface area contributed by atoms with Gasteiger partial charge in [0.1, 0.15) is 18.1 Å². The highest BCUT2D eigenvalue weighted by atomic mass is 16.5. The van der Waals surface area contributed by atoms with Crippen LogP contribution in [0.5, 0.6) is 11.5 Å². The first-order chi connectivity index (χ1) is 9.69. The molecule has 2 N–H and O–H groups in total. The summed E-state index contributed by atoms with van der Waals surface area (Å²) in [4.78, 5) is 2.12. The van der Waals surface area contributed by atoms with Crippen molar-refractivity contribution in [1.29, 1.82) is 0 Å². The van der Waals surface area contributed by atoms with Crippen LogP contribution in [0.4, 0.5) is 11.4 Å². The van der Waals surface area contributed by atoms with E-state index < -0.39 is 0 Å². The normalized spacial score (nSPS) is 10.1. The van der Waals surface area contributed by atoms with Crippen molar-refractivity contribution in [1.82, 2.24) is 0 Å². The number of rotatable bonds is 6. The second-order valence-corrected chi connectivity index (χ2v) is 4.54. The Balaban J connectivity index is 1.87. The molecule has 0 radical (unpaired) electrons. The predicted molar refractivity (Wildman–Crippen MR) is 82.6 cm³/mol. The first kappa shape index (κ1) is 14.1. The first-order valence-corrected chi connectivity index (χ1v) is 6.52. The van der Waals surface area contributed by atoms with Crippen molar-refractivity contribution in [3.63, 3.8) is 0 Å². The van der Waals surface area contributed by atoms with Crippen LogP contribution in [-0.2, 0) is 0 Å². The van der Waals surface area contributed by atoms with Gasteiger partial charge >= 0.3 is 0 Å². The summed E-state index contributed by atoms with van der Waals surface area (Å²) >= 11 is 0. The van der Waals surface area contributed by atoms with Crippen molar-refractivity contribution in [2.75, 3.05) is 37.9 Å². The number of likely N-dealkylation sites (N-methyl/N-ethyl adjacent to an activating group) is 1. The molecule has 0 aliphatic carbocycles. The molecular weight excluding hydrogens is 252 g/mol. The Hall–Kier alpha value is -2.36. The molecule has 0 saturated heterocycles. The first-order valence-electron chi connectivity index (χ1n) is 6.52. The van der Waals surface area contributed by atoms with Crippen LogP contribution in [0.3, 0.4) is 0 Å². The van der Waals surface area contributed by atoms with Crippen molar-refractivity contribution in [2.45, 2.75) is 0 Å². The van der Waals surface area contributed by atoms with E-state index in [1.54, 1.807) is 7.11 Å². The van der Waals surface area contributed by atoms with Crippen LogP contribution in [0.1, 0.15) is 0 Å². The van der Waals surface area contributed by atoms with Crippen molar-refractivity contribution >= 4 is 11.4 Å². The van der Waals surface area contributed by atoms with Crippen LogP contribution in [-0.4, -0.2) is 27.3 Å². The van der Waals surface area contributed by atoms with Crippen molar-refractivity contribution in [2.24, 2.45) is 0 Å². The molecule has 0 spiro atoms. The number of benzene rings is 2. The molecule has 0 aromatic heterocycles. The summed E-state index contributed by atoms with van der Waals surface area (Å²) in [5.41, 5.74) is 7.52. The lowest BCUT2D eigenvalue weighted by atomic mass is 10.3. The van der Waals surface area contributed by atoms with Gasteiger partial charge in [0.25, 0.3) is 0 Å². The van der Waals surface area contributed by atoms with Crippen LogP contribution in [0, 0.1) is 0 Å². The lowest BCUT2D eigenvalue weighted by Gasteiger charge is -2.20. The van der Waals surface area contributed by atoms with Gasteiger partial charge in [0.05, 0.1) is 13.7 Å². The van der Waals surface area contributed by atoms with Crippen molar-refractivity contribution in [3.05, 3.63) is 48.5 Å². The summed E-state index contributed by atoms with van der Waals surface area (Å²) in [7, 11) is 3.69. The van der Waals surface area contributed by atoms with Gasteiger partial charge in [0.2, 0.25) is 0 Å². The molecule has 0 aliphatic rings. The van der Waals surface area contributed by atoms with Gasteiger partial charge in [-0.2, -0.15) is 0 Å². The zero-order chi connectivity index (χ0) is 14.4. The Morgan fingerprint density at radius 2 is 1.80 bits per heavy atom. The van der Waals surface area contributed by atoms with Gasteiger partial charge < -0.3 is 20.1 Å². The van der Waals surface area contributed by atoms with Crippen LogP contribution in [0.15, 0.2) is 48.5 Å². The highest BCUT2D eigenvalue weighted by Gasteiger charge is 2.03. The minimum atomic E-state index is 0.594. The van der Waals surface area contributed by atoms with Gasteiger partial charge in [0.15, 0.2) is 0 Å². The summed E-state index contributed by atoms with van der Waals surface area (Å²) in [6.45, 7) is 1.37. The van der Waals surface area contributed by atoms with Crippen LogP contribution < -0.4 is 20.1 Å². The van der Waals surface area contributed by atoms with E-state index in [0.29, 0.717) is 12.3 Å². The molecule has 20 heavy (non-hydrogen) atoms. The Bertz CT molecular complexity index is 558. The number of methoxy groups -OCH3 is 1. The number of anilines is 2. The molecular formula is C16H20N2O2. The highest BCUT2D eigenvalue weighted by molar-refractivity contribution is 5.50. The van der Waals surface area contributed by atoms with E-state index >= 15 is 0 Å². The number of nitrogens with zero attached hydrogens (tertiary/aromatic N) is 1. The quantitative estimate of drug-likeness (QED) is 0.821. The number of hydrogen-bond acceptors (Lipinski definition) is 4. The van der Waals surface area contributed by atoms with E-state index in [4.69, 9.17) is 15.2 Å². The fourth-order valence-electron chi connectivity index (χ4n) is 1.88. The third-order valence-electron chi connectivity index (χ3n) is 3.05. The highest BCUT2D eigenvalue weighted by Crippen LogP contribution is 2.20. The lowest BCUT2D eigenvalue weighted by Crippen LogP contribution is -2.23. The van der Waals surface area contributed by atoms with Crippen molar-refractivity contribution in [3.8, 4) is 11.5 Å².